The standard InChI is InChI=1S/C17H23N3/c1-17(9-5-6-10-17)14-18-11-15-12-19-20(13-15)16-7-3-2-4-8-16/h2-4,7-8,12-13,18H,5-6,9-11,14H2,1H3. The van der Waals surface area contributed by atoms with Gasteiger partial charge in [0.2, 0.25) is 0 Å². The molecule has 1 aliphatic rings. The Morgan fingerprint density at radius 3 is 2.70 bits per heavy atom. The molecule has 1 fully saturated rings. The molecule has 0 bridgehead atoms. The lowest BCUT2D eigenvalue weighted by molar-refractivity contribution is 0.314. The minimum atomic E-state index is 0.509. The normalized spacial score (nSPS) is 17.4. The number of nitrogens with zero attached hydrogens (tertiary/aromatic N) is 2. The van der Waals surface area contributed by atoms with Gasteiger partial charge in [0.05, 0.1) is 11.9 Å². The number of hydrogen-bond donors (Lipinski definition) is 1. The molecule has 0 unspecified atom stereocenters. The van der Waals surface area contributed by atoms with Crippen LogP contribution in [0.5, 0.6) is 0 Å². The molecule has 0 aliphatic heterocycles. The molecule has 1 N–H and O–H groups in total. The summed E-state index contributed by atoms with van der Waals surface area (Å²) in [6, 6.07) is 10.2. The van der Waals surface area contributed by atoms with Crippen molar-refractivity contribution in [3.8, 4) is 5.69 Å². The van der Waals surface area contributed by atoms with Gasteiger partial charge in [-0.05, 0) is 30.4 Å². The van der Waals surface area contributed by atoms with Gasteiger partial charge >= 0.3 is 0 Å². The van der Waals surface area contributed by atoms with E-state index in [1.807, 2.05) is 29.1 Å². The van der Waals surface area contributed by atoms with Gasteiger partial charge in [0.15, 0.2) is 0 Å². The van der Waals surface area contributed by atoms with E-state index in [1.54, 1.807) is 0 Å². The topological polar surface area (TPSA) is 29.9 Å². The SMILES string of the molecule is CC1(CNCc2cnn(-c3ccccc3)c2)CCCC1. The third kappa shape index (κ3) is 3.10. The Balaban J connectivity index is 1.55. The summed E-state index contributed by atoms with van der Waals surface area (Å²) in [6.07, 6.45) is 9.58. The average molecular weight is 269 g/mol. The monoisotopic (exact) mass is 269 g/mol. The van der Waals surface area contributed by atoms with E-state index in [1.165, 1.54) is 31.2 Å². The zero-order valence-electron chi connectivity index (χ0n) is 12.2. The summed E-state index contributed by atoms with van der Waals surface area (Å²) < 4.78 is 1.94. The van der Waals surface area contributed by atoms with Crippen LogP contribution in [-0.2, 0) is 6.54 Å². The fraction of sp³-hybridized carbons (Fsp3) is 0.471. The molecule has 1 aromatic carbocycles. The van der Waals surface area contributed by atoms with Crippen molar-refractivity contribution >= 4 is 0 Å². The zero-order chi connectivity index (χ0) is 13.8. The molecule has 2 aromatic rings. The number of nitrogens with one attached hydrogen (secondary N) is 1. The van der Waals surface area contributed by atoms with E-state index in [4.69, 9.17) is 0 Å². The molecule has 1 heterocycles. The zero-order valence-corrected chi connectivity index (χ0v) is 12.2. The molecule has 3 nitrogen and oxygen atoms in total. The fourth-order valence-corrected chi connectivity index (χ4v) is 3.09. The lowest BCUT2D eigenvalue weighted by Crippen LogP contribution is -2.29. The van der Waals surface area contributed by atoms with Crippen LogP contribution in [0.1, 0.15) is 38.2 Å². The molecule has 0 amide bonds. The molecule has 0 spiro atoms. The molecular weight excluding hydrogens is 246 g/mol. The average Bonchev–Trinajstić information content (AvgIpc) is 3.10. The van der Waals surface area contributed by atoms with E-state index in [0.29, 0.717) is 5.41 Å². The lowest BCUT2D eigenvalue weighted by atomic mass is 9.89. The molecule has 0 radical (unpaired) electrons. The molecule has 1 aliphatic carbocycles. The summed E-state index contributed by atoms with van der Waals surface area (Å²) >= 11 is 0. The second-order valence-electron chi connectivity index (χ2n) is 6.25. The quantitative estimate of drug-likeness (QED) is 0.899. The predicted molar refractivity (Wildman–Crippen MR) is 81.8 cm³/mol. The van der Waals surface area contributed by atoms with Crippen molar-refractivity contribution in [3.63, 3.8) is 0 Å². The molecule has 3 heteroatoms. The summed E-state index contributed by atoms with van der Waals surface area (Å²) in [6.45, 7) is 4.42. The van der Waals surface area contributed by atoms with Crippen LogP contribution < -0.4 is 5.32 Å². The summed E-state index contributed by atoms with van der Waals surface area (Å²) in [5, 5.41) is 8.03. The van der Waals surface area contributed by atoms with Gasteiger partial charge in [0.1, 0.15) is 0 Å². The van der Waals surface area contributed by atoms with Crippen molar-refractivity contribution < 1.29 is 0 Å². The highest BCUT2D eigenvalue weighted by Crippen LogP contribution is 2.36. The minimum Gasteiger partial charge on any atom is -0.312 e. The first-order valence-electron chi connectivity index (χ1n) is 7.55. The Bertz CT molecular complexity index is 538. The van der Waals surface area contributed by atoms with Crippen molar-refractivity contribution in [3.05, 3.63) is 48.3 Å². The van der Waals surface area contributed by atoms with Crippen molar-refractivity contribution in [2.45, 2.75) is 39.2 Å². The highest BCUT2D eigenvalue weighted by Gasteiger charge is 2.27. The number of benzene rings is 1. The number of para-hydroxylation sites is 1. The smallest absolute Gasteiger partial charge is 0.0645 e. The van der Waals surface area contributed by atoms with E-state index in [9.17, 15) is 0 Å². The van der Waals surface area contributed by atoms with Crippen LogP contribution in [0.4, 0.5) is 0 Å². The van der Waals surface area contributed by atoms with Crippen molar-refractivity contribution in [1.29, 1.82) is 0 Å². The second kappa shape index (κ2) is 5.80. The maximum absolute atomic E-state index is 4.43. The molecule has 3 rings (SSSR count). The van der Waals surface area contributed by atoms with E-state index >= 15 is 0 Å². The van der Waals surface area contributed by atoms with Gasteiger partial charge in [-0.3, -0.25) is 0 Å². The Hall–Kier alpha value is -1.61. The molecule has 0 saturated heterocycles. The lowest BCUT2D eigenvalue weighted by Gasteiger charge is -2.23. The third-order valence-corrected chi connectivity index (χ3v) is 4.35. The molecule has 0 atom stereocenters. The van der Waals surface area contributed by atoms with Crippen LogP contribution in [0, 0.1) is 5.41 Å². The van der Waals surface area contributed by atoms with Crippen molar-refractivity contribution in [2.24, 2.45) is 5.41 Å². The molecule has 1 aromatic heterocycles. The van der Waals surface area contributed by atoms with Gasteiger partial charge in [-0.25, -0.2) is 4.68 Å². The van der Waals surface area contributed by atoms with Gasteiger partial charge in [0, 0.05) is 24.8 Å². The van der Waals surface area contributed by atoms with Gasteiger partial charge in [-0.2, -0.15) is 5.10 Å². The summed E-state index contributed by atoms with van der Waals surface area (Å²) in [4.78, 5) is 0. The van der Waals surface area contributed by atoms with E-state index in [0.717, 1.165) is 18.8 Å². The van der Waals surface area contributed by atoms with Crippen molar-refractivity contribution in [1.82, 2.24) is 15.1 Å². The van der Waals surface area contributed by atoms with Crippen LogP contribution in [0.3, 0.4) is 0 Å². The highest BCUT2D eigenvalue weighted by atomic mass is 15.3. The van der Waals surface area contributed by atoms with Crippen LogP contribution in [0.25, 0.3) is 5.69 Å². The van der Waals surface area contributed by atoms with E-state index in [-0.39, 0.29) is 0 Å². The van der Waals surface area contributed by atoms with Crippen LogP contribution >= 0.6 is 0 Å². The number of hydrogen-bond acceptors (Lipinski definition) is 2. The van der Waals surface area contributed by atoms with Gasteiger partial charge in [-0.15, -0.1) is 0 Å². The maximum Gasteiger partial charge on any atom is 0.0645 e. The predicted octanol–water partition coefficient (Wildman–Crippen LogP) is 3.54. The van der Waals surface area contributed by atoms with Crippen molar-refractivity contribution in [2.75, 3.05) is 6.54 Å². The van der Waals surface area contributed by atoms with E-state index in [2.05, 4.69) is 35.7 Å². The third-order valence-electron chi connectivity index (χ3n) is 4.35. The number of rotatable bonds is 5. The summed E-state index contributed by atoms with van der Waals surface area (Å²) in [5.74, 6) is 0. The summed E-state index contributed by atoms with van der Waals surface area (Å²) in [5.41, 5.74) is 2.87. The molecular formula is C17H23N3. The maximum atomic E-state index is 4.43. The minimum absolute atomic E-state index is 0.509. The Kier molecular flexibility index (Phi) is 3.88. The number of aromatic nitrogens is 2. The Morgan fingerprint density at radius 1 is 1.20 bits per heavy atom. The molecule has 20 heavy (non-hydrogen) atoms. The first-order valence-corrected chi connectivity index (χ1v) is 7.55. The van der Waals surface area contributed by atoms with Crippen LogP contribution in [0.15, 0.2) is 42.7 Å². The van der Waals surface area contributed by atoms with Gasteiger partial charge < -0.3 is 5.32 Å². The van der Waals surface area contributed by atoms with Crippen LogP contribution in [-0.4, -0.2) is 16.3 Å². The Labute approximate surface area is 121 Å². The first-order chi connectivity index (χ1) is 9.75. The fourth-order valence-electron chi connectivity index (χ4n) is 3.09. The molecule has 1 saturated carbocycles. The largest absolute Gasteiger partial charge is 0.312 e. The molecule has 106 valence electrons. The van der Waals surface area contributed by atoms with Gasteiger partial charge in [0.25, 0.3) is 0 Å². The Morgan fingerprint density at radius 2 is 1.95 bits per heavy atom. The van der Waals surface area contributed by atoms with Crippen LogP contribution in [0.2, 0.25) is 0 Å². The summed E-state index contributed by atoms with van der Waals surface area (Å²) in [7, 11) is 0. The van der Waals surface area contributed by atoms with E-state index < -0.39 is 0 Å². The second-order valence-corrected chi connectivity index (χ2v) is 6.25. The first kappa shape index (κ1) is 13.4. The van der Waals surface area contributed by atoms with Gasteiger partial charge in [-0.1, -0.05) is 38.0 Å². The highest BCUT2D eigenvalue weighted by molar-refractivity contribution is 5.30.